The molecule has 4 aromatic carbocycles. The highest BCUT2D eigenvalue weighted by Crippen LogP contribution is 2.56. The van der Waals surface area contributed by atoms with E-state index >= 15 is 0 Å². The largest absolute Gasteiger partial charge is 0.457 e. The summed E-state index contributed by atoms with van der Waals surface area (Å²) in [6, 6.07) is 35.9. The van der Waals surface area contributed by atoms with Gasteiger partial charge in [-0.15, -0.1) is 0 Å². The molecule has 0 aliphatic carbocycles. The van der Waals surface area contributed by atoms with E-state index in [1.807, 2.05) is 12.1 Å². The standard InChI is InChI=1S/C25H17BrO/c26-22-15-7-4-12-19(22)25(18-10-2-1-3-11-18)20-13-5-8-16-23(20)27-24-17-9-6-14-21(24)25/h1-17H. The molecule has 1 aliphatic heterocycles. The van der Waals surface area contributed by atoms with Crippen LogP contribution in [-0.4, -0.2) is 0 Å². The third kappa shape index (κ3) is 2.37. The second kappa shape index (κ2) is 6.40. The third-order valence-electron chi connectivity index (χ3n) is 5.29. The zero-order chi connectivity index (χ0) is 18.3. The van der Waals surface area contributed by atoms with Crippen molar-refractivity contribution in [2.45, 2.75) is 5.41 Å². The summed E-state index contributed by atoms with van der Waals surface area (Å²) < 4.78 is 7.38. The average Bonchev–Trinajstić information content (AvgIpc) is 2.73. The number of halogens is 1. The minimum Gasteiger partial charge on any atom is -0.457 e. The van der Waals surface area contributed by atoms with Crippen LogP contribution >= 0.6 is 15.9 Å². The van der Waals surface area contributed by atoms with Crippen LogP contribution in [0.15, 0.2) is 108 Å². The summed E-state index contributed by atoms with van der Waals surface area (Å²) in [5.41, 5.74) is 4.29. The third-order valence-corrected chi connectivity index (χ3v) is 5.98. The molecular weight excluding hydrogens is 396 g/mol. The summed E-state index contributed by atoms with van der Waals surface area (Å²) in [6.45, 7) is 0. The number of rotatable bonds is 2. The molecule has 0 spiro atoms. The Morgan fingerprint density at radius 2 is 1.00 bits per heavy atom. The lowest BCUT2D eigenvalue weighted by atomic mass is 9.64. The maximum absolute atomic E-state index is 6.30. The van der Waals surface area contributed by atoms with Gasteiger partial charge in [0.25, 0.3) is 0 Å². The summed E-state index contributed by atoms with van der Waals surface area (Å²) in [5.74, 6) is 1.80. The van der Waals surface area contributed by atoms with Crippen molar-refractivity contribution < 1.29 is 4.74 Å². The van der Waals surface area contributed by atoms with Gasteiger partial charge in [-0.25, -0.2) is 0 Å². The fourth-order valence-electron chi connectivity index (χ4n) is 4.20. The van der Waals surface area contributed by atoms with Gasteiger partial charge in [0.1, 0.15) is 11.5 Å². The lowest BCUT2D eigenvalue weighted by Crippen LogP contribution is -2.34. The molecule has 0 unspecified atom stereocenters. The van der Waals surface area contributed by atoms with Crippen LogP contribution in [0.4, 0.5) is 0 Å². The Bertz CT molecular complexity index is 1050. The molecule has 0 N–H and O–H groups in total. The number of hydrogen-bond donors (Lipinski definition) is 0. The smallest absolute Gasteiger partial charge is 0.132 e. The predicted molar refractivity (Wildman–Crippen MR) is 113 cm³/mol. The molecule has 1 heterocycles. The van der Waals surface area contributed by atoms with E-state index in [2.05, 4.69) is 107 Å². The van der Waals surface area contributed by atoms with Crippen molar-refractivity contribution in [3.63, 3.8) is 0 Å². The van der Waals surface area contributed by atoms with Gasteiger partial charge < -0.3 is 4.74 Å². The maximum atomic E-state index is 6.30. The topological polar surface area (TPSA) is 9.23 Å². The van der Waals surface area contributed by atoms with Crippen molar-refractivity contribution in [3.8, 4) is 11.5 Å². The van der Waals surface area contributed by atoms with Crippen LogP contribution < -0.4 is 4.74 Å². The van der Waals surface area contributed by atoms with Crippen molar-refractivity contribution in [3.05, 3.63) is 130 Å². The van der Waals surface area contributed by atoms with Crippen molar-refractivity contribution in [2.24, 2.45) is 0 Å². The molecule has 0 saturated heterocycles. The van der Waals surface area contributed by atoms with E-state index in [1.54, 1.807) is 0 Å². The molecule has 0 fully saturated rings. The molecule has 2 heteroatoms. The van der Waals surface area contributed by atoms with E-state index in [0.29, 0.717) is 0 Å². The molecule has 130 valence electrons. The minimum absolute atomic E-state index is 0.452. The van der Waals surface area contributed by atoms with Gasteiger partial charge in [-0.3, -0.25) is 0 Å². The second-order valence-electron chi connectivity index (χ2n) is 6.69. The van der Waals surface area contributed by atoms with E-state index in [-0.39, 0.29) is 0 Å². The zero-order valence-corrected chi connectivity index (χ0v) is 16.2. The molecule has 0 amide bonds. The van der Waals surface area contributed by atoms with Gasteiger partial charge in [0.15, 0.2) is 0 Å². The Hall–Kier alpha value is -2.84. The number of para-hydroxylation sites is 2. The molecule has 1 nitrogen and oxygen atoms in total. The average molecular weight is 413 g/mol. The summed E-state index contributed by atoms with van der Waals surface area (Å²) in [6.07, 6.45) is 0. The highest BCUT2D eigenvalue weighted by molar-refractivity contribution is 9.10. The number of ether oxygens (including phenoxy) is 1. The fraction of sp³-hybridized carbons (Fsp3) is 0.0400. The van der Waals surface area contributed by atoms with Gasteiger partial charge in [-0.05, 0) is 29.3 Å². The Labute approximate surface area is 167 Å². The fourth-order valence-corrected chi connectivity index (χ4v) is 4.79. The lowest BCUT2D eigenvalue weighted by molar-refractivity contribution is 0.434. The Morgan fingerprint density at radius 1 is 0.519 bits per heavy atom. The first-order valence-corrected chi connectivity index (χ1v) is 9.78. The van der Waals surface area contributed by atoms with Gasteiger partial charge in [0, 0.05) is 15.6 Å². The van der Waals surface area contributed by atoms with Crippen LogP contribution in [0.2, 0.25) is 0 Å². The Balaban J connectivity index is 2.00. The van der Waals surface area contributed by atoms with Crippen molar-refractivity contribution >= 4 is 15.9 Å². The first-order chi connectivity index (χ1) is 13.3. The normalized spacial score (nSPS) is 14.0. The Kier molecular flexibility index (Phi) is 3.87. The molecule has 0 radical (unpaired) electrons. The van der Waals surface area contributed by atoms with Crippen LogP contribution in [0.5, 0.6) is 11.5 Å². The van der Waals surface area contributed by atoms with Gasteiger partial charge in [-0.2, -0.15) is 0 Å². The number of benzene rings is 4. The SMILES string of the molecule is Brc1ccccc1C1(c2ccccc2)c2ccccc2Oc2ccccc21. The van der Waals surface area contributed by atoms with Crippen LogP contribution in [0, 0.1) is 0 Å². The van der Waals surface area contributed by atoms with Crippen molar-refractivity contribution in [2.75, 3.05) is 0 Å². The lowest BCUT2D eigenvalue weighted by Gasteiger charge is -2.41. The first-order valence-electron chi connectivity index (χ1n) is 8.99. The van der Waals surface area contributed by atoms with E-state index in [9.17, 15) is 0 Å². The molecule has 1 aliphatic rings. The second-order valence-corrected chi connectivity index (χ2v) is 7.54. The summed E-state index contributed by atoms with van der Waals surface area (Å²) in [4.78, 5) is 0. The molecule has 27 heavy (non-hydrogen) atoms. The van der Waals surface area contributed by atoms with Crippen LogP contribution in [0.3, 0.4) is 0 Å². The number of fused-ring (bicyclic) bond motifs is 2. The molecule has 0 saturated carbocycles. The minimum atomic E-state index is -0.452. The molecule has 0 bridgehead atoms. The predicted octanol–water partition coefficient (Wildman–Crippen LogP) is 6.94. The molecule has 5 rings (SSSR count). The number of hydrogen-bond acceptors (Lipinski definition) is 1. The molecule has 0 aromatic heterocycles. The van der Waals surface area contributed by atoms with Gasteiger partial charge in [0.05, 0.1) is 5.41 Å². The van der Waals surface area contributed by atoms with Crippen molar-refractivity contribution in [1.82, 2.24) is 0 Å². The van der Waals surface area contributed by atoms with E-state index < -0.39 is 5.41 Å². The monoisotopic (exact) mass is 412 g/mol. The first kappa shape index (κ1) is 16.3. The van der Waals surface area contributed by atoms with E-state index in [4.69, 9.17) is 4.74 Å². The van der Waals surface area contributed by atoms with Gasteiger partial charge in [0.2, 0.25) is 0 Å². The van der Waals surface area contributed by atoms with Crippen LogP contribution in [0.25, 0.3) is 0 Å². The Morgan fingerprint density at radius 3 is 1.59 bits per heavy atom. The zero-order valence-electron chi connectivity index (χ0n) is 14.6. The van der Waals surface area contributed by atoms with Gasteiger partial charge in [-0.1, -0.05) is 101 Å². The van der Waals surface area contributed by atoms with Crippen LogP contribution in [0.1, 0.15) is 22.3 Å². The van der Waals surface area contributed by atoms with Crippen molar-refractivity contribution in [1.29, 1.82) is 0 Å². The highest BCUT2D eigenvalue weighted by Gasteiger charge is 2.45. The highest BCUT2D eigenvalue weighted by atomic mass is 79.9. The van der Waals surface area contributed by atoms with Gasteiger partial charge >= 0.3 is 0 Å². The molecular formula is C25H17BrO. The van der Waals surface area contributed by atoms with E-state index in [0.717, 1.165) is 27.1 Å². The molecule has 4 aromatic rings. The van der Waals surface area contributed by atoms with E-state index in [1.165, 1.54) is 11.1 Å². The van der Waals surface area contributed by atoms with Crippen LogP contribution in [-0.2, 0) is 5.41 Å². The summed E-state index contributed by atoms with van der Waals surface area (Å²) in [7, 11) is 0. The quantitative estimate of drug-likeness (QED) is 0.305. The maximum Gasteiger partial charge on any atom is 0.132 e. The summed E-state index contributed by atoms with van der Waals surface area (Å²) in [5, 5.41) is 0. The summed E-state index contributed by atoms with van der Waals surface area (Å²) >= 11 is 3.83. The molecule has 0 atom stereocenters.